The summed E-state index contributed by atoms with van der Waals surface area (Å²) in [6, 6.07) is 0. The maximum absolute atomic E-state index is 11.9. The number of hydrogen-bond donors (Lipinski definition) is 0. The Hall–Kier alpha value is -0.0679. The van der Waals surface area contributed by atoms with Crippen LogP contribution in [0.3, 0.4) is 0 Å². The van der Waals surface area contributed by atoms with Gasteiger partial charge in [-0.3, -0.25) is 0 Å². The topological polar surface area (TPSA) is 35.5 Å². The van der Waals surface area contributed by atoms with Gasteiger partial charge < -0.3 is 0 Å². The number of allylic oxidation sites excluding steroid dienone is 2. The van der Waals surface area contributed by atoms with Crippen LogP contribution in [0.25, 0.3) is 0 Å². The summed E-state index contributed by atoms with van der Waals surface area (Å²) in [4.78, 5) is 11.9. The monoisotopic (exact) mass is 508 g/mol. The zero-order chi connectivity index (χ0) is 16.2. The fourth-order valence-corrected chi connectivity index (χ4v) is 8.04. The van der Waals surface area contributed by atoms with Crippen molar-refractivity contribution in [2.45, 2.75) is 58.8 Å². The molecule has 1 saturated heterocycles. The standard InChI is InChI=1S/C19H28O3.Tl/c1-18-9-10-22-17(21)11-12(18)3-4-13-14-5-6-16(20)19(14,2)8-7-15(13)18;/h6,12-15,20H,3-5,7-11H2,1-2H3;/q;+1/p-1/t12?,13?,14?,15?,18-,19?;/m1./s1. The van der Waals surface area contributed by atoms with Gasteiger partial charge in [-0.1, -0.05) is 0 Å². The van der Waals surface area contributed by atoms with Crippen LogP contribution in [-0.4, -0.2) is 38.8 Å². The fourth-order valence-electron chi connectivity index (χ4n) is 6.62. The molecule has 0 aromatic rings. The van der Waals surface area contributed by atoms with E-state index in [-0.39, 0.29) is 11.4 Å². The van der Waals surface area contributed by atoms with Gasteiger partial charge in [-0.2, -0.15) is 0 Å². The Bertz CT molecular complexity index is 545. The zero-order valence-electron chi connectivity index (χ0n) is 14.3. The summed E-state index contributed by atoms with van der Waals surface area (Å²) >= 11 is 0.595. The summed E-state index contributed by atoms with van der Waals surface area (Å²) in [5.41, 5.74) is 0.582. The van der Waals surface area contributed by atoms with Crippen LogP contribution in [0, 0.1) is 34.5 Å². The number of cyclic esters (lactones) is 1. The van der Waals surface area contributed by atoms with Crippen molar-refractivity contribution in [1.29, 1.82) is 0 Å². The summed E-state index contributed by atoms with van der Waals surface area (Å²) in [6.07, 6.45) is 10.4. The minimum absolute atomic E-state index is 0.0352. The Morgan fingerprint density at radius 3 is 2.83 bits per heavy atom. The molecule has 6 atom stereocenters. The van der Waals surface area contributed by atoms with Crippen LogP contribution in [0.1, 0.15) is 58.8 Å². The Labute approximate surface area is 155 Å². The maximum atomic E-state index is 11.9. The second kappa shape index (κ2) is 5.74. The van der Waals surface area contributed by atoms with Crippen LogP contribution in [0.2, 0.25) is 0 Å². The fraction of sp³-hybridized carbons (Fsp3) is 0.842. The van der Waals surface area contributed by atoms with Crippen molar-refractivity contribution in [2.75, 3.05) is 6.61 Å². The Balaban J connectivity index is 1.63. The van der Waals surface area contributed by atoms with Crippen LogP contribution >= 0.6 is 0 Å². The second-order valence-corrected chi connectivity index (χ2v) is 9.63. The first-order valence-electron chi connectivity index (χ1n) is 9.22. The Morgan fingerprint density at radius 2 is 2.04 bits per heavy atom. The third-order valence-electron chi connectivity index (χ3n) is 8.02. The molecule has 0 bridgehead atoms. The zero-order valence-corrected chi connectivity index (χ0v) is 18.8. The molecule has 4 rings (SSSR count). The molecule has 3 fully saturated rings. The van der Waals surface area contributed by atoms with Crippen molar-refractivity contribution in [3.8, 4) is 0 Å². The van der Waals surface area contributed by atoms with E-state index in [9.17, 15) is 4.79 Å². The van der Waals surface area contributed by atoms with Crippen LogP contribution in [0.15, 0.2) is 11.8 Å². The first-order valence-corrected chi connectivity index (χ1v) is 11.1. The molecule has 5 unspecified atom stereocenters. The number of carbonyl (C=O) groups excluding carboxylic acids is 1. The minimum atomic E-state index is 0.0352. The van der Waals surface area contributed by atoms with E-state index in [0.29, 0.717) is 50.6 Å². The van der Waals surface area contributed by atoms with Crippen LogP contribution in [-0.2, 0) is 12.2 Å². The van der Waals surface area contributed by atoms with Gasteiger partial charge in [0.1, 0.15) is 0 Å². The molecule has 2 saturated carbocycles. The summed E-state index contributed by atoms with van der Waals surface area (Å²) < 4.78 is 11.3. The van der Waals surface area contributed by atoms with Crippen molar-refractivity contribution in [3.63, 3.8) is 0 Å². The normalized spacial score (nSPS) is 49.1. The molecule has 0 spiro atoms. The molecule has 3 aliphatic carbocycles. The predicted octanol–water partition coefficient (Wildman–Crippen LogP) is 3.78. The van der Waals surface area contributed by atoms with Gasteiger partial charge >= 0.3 is 156 Å². The molecular weight excluding hydrogens is 481 g/mol. The van der Waals surface area contributed by atoms with Crippen molar-refractivity contribution < 1.29 is 12.2 Å². The van der Waals surface area contributed by atoms with Crippen molar-refractivity contribution in [1.82, 2.24) is 0 Å². The van der Waals surface area contributed by atoms with E-state index in [0.717, 1.165) is 24.2 Å². The summed E-state index contributed by atoms with van der Waals surface area (Å²) in [6.45, 7) is 5.54. The number of esters is 1. The third-order valence-corrected chi connectivity index (χ3v) is 9.01. The Kier molecular flexibility index (Phi) is 4.09. The molecule has 0 N–H and O–H groups in total. The van der Waals surface area contributed by atoms with Gasteiger partial charge in [0.2, 0.25) is 0 Å². The second-order valence-electron chi connectivity index (χ2n) is 8.71. The molecule has 0 radical (unpaired) electrons. The summed E-state index contributed by atoms with van der Waals surface area (Å²) in [7, 11) is 0. The number of fused-ring (bicyclic) bond motifs is 5. The summed E-state index contributed by atoms with van der Waals surface area (Å²) in [5, 5.41) is 0. The van der Waals surface area contributed by atoms with Gasteiger partial charge in [0.05, 0.1) is 0 Å². The van der Waals surface area contributed by atoms with Gasteiger partial charge in [0, 0.05) is 0 Å². The van der Waals surface area contributed by atoms with Crippen molar-refractivity contribution >= 4 is 32.2 Å². The van der Waals surface area contributed by atoms with Crippen LogP contribution in [0.4, 0.5) is 0 Å². The molecule has 0 amide bonds. The van der Waals surface area contributed by atoms with Crippen molar-refractivity contribution in [2.24, 2.45) is 34.5 Å². The molecule has 0 aromatic heterocycles. The van der Waals surface area contributed by atoms with Gasteiger partial charge in [-0.15, -0.1) is 0 Å². The molecule has 124 valence electrons. The van der Waals surface area contributed by atoms with E-state index in [2.05, 4.69) is 19.9 Å². The average molecular weight is 508 g/mol. The third kappa shape index (κ3) is 2.35. The quantitative estimate of drug-likeness (QED) is 0.400. The van der Waals surface area contributed by atoms with Gasteiger partial charge in [0.15, 0.2) is 0 Å². The van der Waals surface area contributed by atoms with Gasteiger partial charge in [0.25, 0.3) is 0 Å². The summed E-state index contributed by atoms with van der Waals surface area (Å²) in [5.74, 6) is 4.20. The van der Waals surface area contributed by atoms with E-state index in [1.807, 2.05) is 0 Å². The SMILES string of the molecule is CC12CCC3C(CCC4CC(=O)OCC[C@]43C)C1CC=C2[O][Tl]. The van der Waals surface area contributed by atoms with Gasteiger partial charge in [-0.05, 0) is 0 Å². The molecule has 0 aromatic carbocycles. The first kappa shape index (κ1) is 16.4. The number of hydrogen-bond acceptors (Lipinski definition) is 3. The average Bonchev–Trinajstić information content (AvgIpc) is 2.78. The molecule has 3 nitrogen and oxygen atoms in total. The van der Waals surface area contributed by atoms with Crippen LogP contribution < -0.4 is 0 Å². The Morgan fingerprint density at radius 1 is 1.22 bits per heavy atom. The van der Waals surface area contributed by atoms with E-state index >= 15 is 0 Å². The number of ether oxygens (including phenoxy) is 1. The molecule has 1 aliphatic heterocycles. The van der Waals surface area contributed by atoms with E-state index in [1.165, 1.54) is 37.9 Å². The van der Waals surface area contributed by atoms with Crippen molar-refractivity contribution in [3.05, 3.63) is 11.8 Å². The molecule has 4 aliphatic rings. The van der Waals surface area contributed by atoms with E-state index in [1.54, 1.807) is 0 Å². The molecule has 4 heteroatoms. The van der Waals surface area contributed by atoms with Gasteiger partial charge in [-0.25, -0.2) is 0 Å². The van der Waals surface area contributed by atoms with E-state index < -0.39 is 0 Å². The predicted molar refractivity (Wildman–Crippen MR) is 88.4 cm³/mol. The molecule has 1 heterocycles. The molecule has 23 heavy (non-hydrogen) atoms. The number of carbonyl (C=O) groups is 1. The number of rotatable bonds is 1. The van der Waals surface area contributed by atoms with E-state index in [4.69, 9.17) is 7.42 Å². The molecular formula is C19H27O3Tl. The van der Waals surface area contributed by atoms with Crippen LogP contribution in [0.5, 0.6) is 0 Å². The first-order chi connectivity index (χ1) is 11.0.